The lowest BCUT2D eigenvalue weighted by Crippen LogP contribution is -2.30. The molecule has 1 heterocycles. The summed E-state index contributed by atoms with van der Waals surface area (Å²) < 4.78 is 0. The summed E-state index contributed by atoms with van der Waals surface area (Å²) >= 11 is 0. The maximum atomic E-state index is 11.6. The minimum atomic E-state index is 0.158. The maximum absolute atomic E-state index is 11.6. The fourth-order valence-corrected chi connectivity index (χ4v) is 1.79. The van der Waals surface area contributed by atoms with Crippen molar-refractivity contribution in [2.24, 2.45) is 5.92 Å². The molecule has 0 bridgehead atoms. The number of nitrogens with zero attached hydrogens (tertiary/aromatic N) is 2. The van der Waals surface area contributed by atoms with Crippen LogP contribution in [0, 0.1) is 5.92 Å². The average Bonchev–Trinajstić information content (AvgIpc) is 2.96. The monoisotopic (exact) mass is 220 g/mol. The molecule has 5 nitrogen and oxygen atoms in total. The van der Waals surface area contributed by atoms with E-state index in [1.54, 1.807) is 0 Å². The third-order valence-corrected chi connectivity index (χ3v) is 2.73. The molecule has 2 rings (SSSR count). The van der Waals surface area contributed by atoms with E-state index in [0.29, 0.717) is 6.54 Å². The lowest BCUT2D eigenvalue weighted by atomic mass is 10.1. The highest BCUT2D eigenvalue weighted by Crippen LogP contribution is 2.17. The summed E-state index contributed by atoms with van der Waals surface area (Å²) in [5, 5.41) is 9.51. The molecule has 0 aromatic carbocycles. The van der Waals surface area contributed by atoms with Gasteiger partial charge in [0.25, 0.3) is 0 Å². The minimum absolute atomic E-state index is 0.158. The first kappa shape index (κ1) is 10.9. The highest BCUT2D eigenvalue weighted by atomic mass is 16.1. The first-order chi connectivity index (χ1) is 7.86. The van der Waals surface area contributed by atoms with Gasteiger partial charge in [-0.3, -0.25) is 9.89 Å². The summed E-state index contributed by atoms with van der Waals surface area (Å²) in [5.41, 5.74) is 0. The minimum Gasteiger partial charge on any atom is -0.356 e. The maximum Gasteiger partial charge on any atom is 0.223 e. The Morgan fingerprint density at radius 2 is 2.31 bits per heavy atom. The zero-order valence-electron chi connectivity index (χ0n) is 9.15. The number of amides is 1. The van der Waals surface area contributed by atoms with E-state index in [9.17, 15) is 4.79 Å². The number of hydrogen-bond acceptors (Lipinski definition) is 3. The summed E-state index contributed by atoms with van der Waals surface area (Å²) in [6.45, 7) is 0.704. The van der Waals surface area contributed by atoms with E-state index in [1.165, 1.54) is 6.33 Å². The van der Waals surface area contributed by atoms with Crippen LogP contribution in [-0.2, 0) is 11.2 Å². The molecule has 1 aliphatic carbocycles. The number of aryl methyl sites for hydroxylation is 1. The predicted molar refractivity (Wildman–Crippen MR) is 59.6 cm³/mol. The molecule has 0 radical (unpaired) electrons. The Morgan fingerprint density at radius 3 is 3.00 bits per heavy atom. The number of carbonyl (C=O) groups is 1. The Labute approximate surface area is 94.3 Å². The molecule has 2 N–H and O–H groups in total. The number of hydrogen-bond donors (Lipinski definition) is 2. The molecule has 0 fully saturated rings. The number of H-pyrrole nitrogens is 1. The van der Waals surface area contributed by atoms with Crippen LogP contribution in [-0.4, -0.2) is 27.6 Å². The summed E-state index contributed by atoms with van der Waals surface area (Å²) in [4.78, 5) is 15.6. The second kappa shape index (κ2) is 5.44. The molecule has 86 valence electrons. The quantitative estimate of drug-likeness (QED) is 0.570. The second-order valence-electron chi connectivity index (χ2n) is 3.97. The van der Waals surface area contributed by atoms with Gasteiger partial charge in [0.15, 0.2) is 0 Å². The van der Waals surface area contributed by atoms with Crippen molar-refractivity contribution >= 4 is 5.91 Å². The van der Waals surface area contributed by atoms with Crippen LogP contribution in [0.4, 0.5) is 0 Å². The van der Waals surface area contributed by atoms with Gasteiger partial charge in [-0.1, -0.05) is 12.2 Å². The molecule has 0 atom stereocenters. The van der Waals surface area contributed by atoms with E-state index >= 15 is 0 Å². The van der Waals surface area contributed by atoms with Gasteiger partial charge in [-0.05, 0) is 19.3 Å². The molecule has 5 heteroatoms. The first-order valence-corrected chi connectivity index (χ1v) is 5.63. The van der Waals surface area contributed by atoms with Crippen LogP contribution in [0.3, 0.4) is 0 Å². The lowest BCUT2D eigenvalue weighted by molar-refractivity contribution is -0.124. The predicted octanol–water partition coefficient (Wildman–Crippen LogP) is 0.820. The van der Waals surface area contributed by atoms with Crippen molar-refractivity contribution in [2.75, 3.05) is 6.54 Å². The van der Waals surface area contributed by atoms with E-state index in [0.717, 1.165) is 31.5 Å². The normalized spacial score (nSPS) is 15.5. The zero-order chi connectivity index (χ0) is 11.2. The smallest absolute Gasteiger partial charge is 0.223 e. The van der Waals surface area contributed by atoms with Crippen LogP contribution < -0.4 is 5.32 Å². The number of aromatic amines is 1. The van der Waals surface area contributed by atoms with Gasteiger partial charge in [0, 0.05) is 18.9 Å². The Kier molecular flexibility index (Phi) is 3.69. The molecule has 1 aromatic heterocycles. The molecular weight excluding hydrogens is 204 g/mol. The van der Waals surface area contributed by atoms with Crippen LogP contribution in [0.2, 0.25) is 0 Å². The fourth-order valence-electron chi connectivity index (χ4n) is 1.79. The van der Waals surface area contributed by atoms with Gasteiger partial charge in [-0.25, -0.2) is 4.98 Å². The van der Waals surface area contributed by atoms with Gasteiger partial charge in [-0.2, -0.15) is 5.10 Å². The molecule has 0 saturated heterocycles. The fraction of sp³-hybridized carbons (Fsp3) is 0.545. The average molecular weight is 220 g/mol. The SMILES string of the molecule is O=C(NCCCc1ncn[nH]1)C1CC=CC1. The van der Waals surface area contributed by atoms with Crippen LogP contribution >= 0.6 is 0 Å². The van der Waals surface area contributed by atoms with Gasteiger partial charge in [-0.15, -0.1) is 0 Å². The first-order valence-electron chi connectivity index (χ1n) is 5.63. The van der Waals surface area contributed by atoms with Crippen molar-refractivity contribution in [3.63, 3.8) is 0 Å². The highest BCUT2D eigenvalue weighted by molar-refractivity contribution is 5.79. The van der Waals surface area contributed by atoms with Crippen molar-refractivity contribution in [3.8, 4) is 0 Å². The van der Waals surface area contributed by atoms with E-state index in [1.807, 2.05) is 0 Å². The molecule has 0 unspecified atom stereocenters. The lowest BCUT2D eigenvalue weighted by Gasteiger charge is -2.09. The van der Waals surface area contributed by atoms with Crippen LogP contribution in [0.1, 0.15) is 25.1 Å². The van der Waals surface area contributed by atoms with E-state index in [4.69, 9.17) is 0 Å². The topological polar surface area (TPSA) is 70.7 Å². The number of nitrogens with one attached hydrogen (secondary N) is 2. The van der Waals surface area contributed by atoms with Crippen molar-refractivity contribution < 1.29 is 4.79 Å². The van der Waals surface area contributed by atoms with Crippen molar-refractivity contribution in [1.82, 2.24) is 20.5 Å². The van der Waals surface area contributed by atoms with E-state index in [-0.39, 0.29) is 11.8 Å². The van der Waals surface area contributed by atoms with Crippen LogP contribution in [0.15, 0.2) is 18.5 Å². The van der Waals surface area contributed by atoms with Gasteiger partial charge >= 0.3 is 0 Å². The molecule has 0 aliphatic heterocycles. The second-order valence-corrected chi connectivity index (χ2v) is 3.97. The van der Waals surface area contributed by atoms with E-state index in [2.05, 4.69) is 32.7 Å². The Bertz CT molecular complexity index is 350. The van der Waals surface area contributed by atoms with Crippen molar-refractivity contribution in [3.05, 3.63) is 24.3 Å². The Hall–Kier alpha value is -1.65. The zero-order valence-corrected chi connectivity index (χ0v) is 9.15. The number of carbonyl (C=O) groups excluding carboxylic acids is 1. The molecule has 16 heavy (non-hydrogen) atoms. The van der Waals surface area contributed by atoms with Crippen LogP contribution in [0.25, 0.3) is 0 Å². The number of aromatic nitrogens is 3. The third-order valence-electron chi connectivity index (χ3n) is 2.73. The third kappa shape index (κ3) is 2.92. The molecular formula is C11H16N4O. The van der Waals surface area contributed by atoms with Gasteiger partial charge in [0.05, 0.1) is 0 Å². The van der Waals surface area contributed by atoms with E-state index < -0.39 is 0 Å². The molecule has 0 saturated carbocycles. The molecule has 0 spiro atoms. The summed E-state index contributed by atoms with van der Waals surface area (Å²) in [7, 11) is 0. The van der Waals surface area contributed by atoms with Gasteiger partial charge in [0.2, 0.25) is 5.91 Å². The number of allylic oxidation sites excluding steroid dienone is 2. The summed E-state index contributed by atoms with van der Waals surface area (Å²) in [5.74, 6) is 1.20. The molecule has 1 aliphatic rings. The van der Waals surface area contributed by atoms with Crippen LogP contribution in [0.5, 0.6) is 0 Å². The standard InChI is InChI=1S/C11H16N4O/c16-11(9-4-1-2-5-9)12-7-3-6-10-13-8-14-15-10/h1-2,8-9H,3-7H2,(H,12,16)(H,13,14,15). The van der Waals surface area contributed by atoms with Crippen molar-refractivity contribution in [1.29, 1.82) is 0 Å². The highest BCUT2D eigenvalue weighted by Gasteiger charge is 2.18. The molecule has 1 aromatic rings. The van der Waals surface area contributed by atoms with Crippen molar-refractivity contribution in [2.45, 2.75) is 25.7 Å². The summed E-state index contributed by atoms with van der Waals surface area (Å²) in [6, 6.07) is 0. The largest absolute Gasteiger partial charge is 0.356 e. The Balaban J connectivity index is 1.59. The Morgan fingerprint density at radius 1 is 1.50 bits per heavy atom. The number of rotatable bonds is 5. The van der Waals surface area contributed by atoms with Gasteiger partial charge < -0.3 is 5.32 Å². The summed E-state index contributed by atoms with van der Waals surface area (Å²) in [6.07, 6.45) is 9.11. The molecule has 1 amide bonds. The van der Waals surface area contributed by atoms with Gasteiger partial charge in [0.1, 0.15) is 12.2 Å².